The van der Waals surface area contributed by atoms with E-state index < -0.39 is 0 Å². The topological polar surface area (TPSA) is 108 Å². The number of amides is 1. The van der Waals surface area contributed by atoms with Crippen LogP contribution in [0.1, 0.15) is 43.1 Å². The minimum Gasteiger partial charge on any atom is -0.370 e. The molecular weight excluding hydrogens is 383 g/mol. The van der Waals surface area contributed by atoms with E-state index in [2.05, 4.69) is 32.7 Å². The third-order valence-corrected chi connectivity index (χ3v) is 2.76. The van der Waals surface area contributed by atoms with E-state index in [9.17, 15) is 4.79 Å². The maximum absolute atomic E-state index is 11.6. The van der Waals surface area contributed by atoms with Gasteiger partial charge in [-0.1, -0.05) is 26.2 Å². The van der Waals surface area contributed by atoms with Crippen LogP contribution in [0.3, 0.4) is 0 Å². The normalized spacial score (nSPS) is 10.8. The average molecular weight is 408 g/mol. The molecule has 1 aromatic rings. The molecule has 1 heterocycles. The molecule has 0 spiro atoms. The summed E-state index contributed by atoms with van der Waals surface area (Å²) in [7, 11) is 0. The van der Waals surface area contributed by atoms with Crippen molar-refractivity contribution in [2.24, 2.45) is 10.7 Å². The molecule has 0 aliphatic carbocycles. The number of nitrogens with zero attached hydrogens (tertiary/aromatic N) is 2. The molecule has 0 aliphatic rings. The first-order chi connectivity index (χ1) is 9.74. The van der Waals surface area contributed by atoms with Gasteiger partial charge in [-0.3, -0.25) is 14.9 Å². The number of carbonyl (C=O) groups is 1. The van der Waals surface area contributed by atoms with E-state index in [0.717, 1.165) is 13.0 Å². The number of rotatable bonds is 9. The number of H-pyrrole nitrogens is 1. The highest BCUT2D eigenvalue weighted by molar-refractivity contribution is 14.0. The summed E-state index contributed by atoms with van der Waals surface area (Å²) in [4.78, 5) is 15.8. The molecule has 0 bridgehead atoms. The van der Waals surface area contributed by atoms with Crippen LogP contribution in [0.15, 0.2) is 17.3 Å². The van der Waals surface area contributed by atoms with Crippen LogP contribution in [0.2, 0.25) is 0 Å². The summed E-state index contributed by atoms with van der Waals surface area (Å²) in [5.74, 6) is 0.247. The Balaban J connectivity index is 0.00000400. The maximum Gasteiger partial charge on any atom is 0.269 e. The lowest BCUT2D eigenvalue weighted by Crippen LogP contribution is -2.38. The maximum atomic E-state index is 11.6. The van der Waals surface area contributed by atoms with Crippen molar-refractivity contribution in [2.75, 3.05) is 19.6 Å². The van der Waals surface area contributed by atoms with Gasteiger partial charge >= 0.3 is 0 Å². The molecule has 5 N–H and O–H groups in total. The predicted molar refractivity (Wildman–Crippen MR) is 95.0 cm³/mol. The second-order valence-corrected chi connectivity index (χ2v) is 4.48. The Morgan fingerprint density at radius 2 is 2.10 bits per heavy atom. The van der Waals surface area contributed by atoms with Crippen LogP contribution in [0.25, 0.3) is 0 Å². The van der Waals surface area contributed by atoms with Gasteiger partial charge in [0.15, 0.2) is 5.96 Å². The molecule has 0 aromatic carbocycles. The lowest BCUT2D eigenvalue weighted by molar-refractivity contribution is 0.0949. The van der Waals surface area contributed by atoms with E-state index in [1.54, 1.807) is 6.07 Å². The molecule has 120 valence electrons. The van der Waals surface area contributed by atoms with E-state index >= 15 is 0 Å². The highest BCUT2D eigenvalue weighted by Gasteiger charge is 2.04. The molecule has 0 atom stereocenters. The molecule has 8 heteroatoms. The van der Waals surface area contributed by atoms with Gasteiger partial charge in [0.25, 0.3) is 5.91 Å². The van der Waals surface area contributed by atoms with E-state index in [0.29, 0.717) is 24.7 Å². The molecule has 0 saturated heterocycles. The number of halogens is 1. The molecule has 21 heavy (non-hydrogen) atoms. The smallest absolute Gasteiger partial charge is 0.269 e. The lowest BCUT2D eigenvalue weighted by atomic mass is 10.2. The Labute approximate surface area is 142 Å². The second-order valence-electron chi connectivity index (χ2n) is 4.48. The molecule has 0 radical (unpaired) electrons. The van der Waals surface area contributed by atoms with Crippen LogP contribution in [-0.2, 0) is 0 Å². The van der Waals surface area contributed by atoms with Crippen molar-refractivity contribution in [1.29, 1.82) is 0 Å². The number of aromatic nitrogens is 2. The molecule has 0 fully saturated rings. The zero-order chi connectivity index (χ0) is 14.6. The number of unbranched alkanes of at least 4 members (excludes halogenated alkanes) is 3. The molecule has 1 rings (SSSR count). The van der Waals surface area contributed by atoms with Gasteiger partial charge in [0.1, 0.15) is 5.69 Å². The van der Waals surface area contributed by atoms with Gasteiger partial charge < -0.3 is 16.4 Å². The lowest BCUT2D eigenvalue weighted by Gasteiger charge is -2.06. The highest BCUT2D eigenvalue weighted by atomic mass is 127. The number of aliphatic imine (C=N–C) groups is 1. The zero-order valence-electron chi connectivity index (χ0n) is 12.4. The quantitative estimate of drug-likeness (QED) is 0.213. The Morgan fingerprint density at radius 1 is 1.33 bits per heavy atom. The van der Waals surface area contributed by atoms with Gasteiger partial charge in [0.2, 0.25) is 0 Å². The summed E-state index contributed by atoms with van der Waals surface area (Å²) >= 11 is 0. The van der Waals surface area contributed by atoms with Crippen molar-refractivity contribution < 1.29 is 4.79 Å². The van der Waals surface area contributed by atoms with Crippen molar-refractivity contribution in [1.82, 2.24) is 20.8 Å². The van der Waals surface area contributed by atoms with Gasteiger partial charge in [-0.25, -0.2) is 0 Å². The van der Waals surface area contributed by atoms with Crippen LogP contribution >= 0.6 is 24.0 Å². The molecule has 0 aliphatic heterocycles. The van der Waals surface area contributed by atoms with Gasteiger partial charge in [0, 0.05) is 25.8 Å². The van der Waals surface area contributed by atoms with Gasteiger partial charge in [-0.2, -0.15) is 5.10 Å². The first-order valence-electron chi connectivity index (χ1n) is 7.05. The van der Waals surface area contributed by atoms with Gasteiger partial charge in [-0.05, 0) is 12.5 Å². The summed E-state index contributed by atoms with van der Waals surface area (Å²) in [5.41, 5.74) is 6.16. The molecule has 0 unspecified atom stereocenters. The average Bonchev–Trinajstić information content (AvgIpc) is 2.97. The van der Waals surface area contributed by atoms with Crippen LogP contribution < -0.4 is 16.4 Å². The van der Waals surface area contributed by atoms with Crippen LogP contribution in [-0.4, -0.2) is 41.7 Å². The van der Waals surface area contributed by atoms with E-state index in [1.807, 2.05) is 0 Å². The summed E-state index contributed by atoms with van der Waals surface area (Å²) in [5, 5.41) is 12.0. The number of aromatic amines is 1. The molecule has 7 nitrogen and oxygen atoms in total. The van der Waals surface area contributed by atoms with Crippen molar-refractivity contribution in [3.63, 3.8) is 0 Å². The summed E-state index contributed by atoms with van der Waals surface area (Å²) in [6, 6.07) is 1.62. The number of guanidine groups is 1. The minimum atomic E-state index is -0.181. The van der Waals surface area contributed by atoms with Crippen LogP contribution in [0.5, 0.6) is 0 Å². The third-order valence-electron chi connectivity index (χ3n) is 2.76. The van der Waals surface area contributed by atoms with Gasteiger partial charge in [0.05, 0.1) is 0 Å². The Bertz CT molecular complexity index is 407. The summed E-state index contributed by atoms with van der Waals surface area (Å²) < 4.78 is 0. The second kappa shape index (κ2) is 12.4. The first-order valence-corrected chi connectivity index (χ1v) is 7.05. The standard InChI is InChI=1S/C13H24N6O.HI/c1-2-3-4-5-7-16-13(14)17-10-9-15-12(20)11-6-8-18-19-11;/h6,8H,2-5,7,9-10H2,1H3,(H,15,20)(H,18,19)(H3,14,16,17);1H. The summed E-state index contributed by atoms with van der Waals surface area (Å²) in [6.07, 6.45) is 6.24. The first kappa shape index (κ1) is 19.7. The van der Waals surface area contributed by atoms with E-state index in [-0.39, 0.29) is 29.9 Å². The fraction of sp³-hybridized carbons (Fsp3) is 0.615. The van der Waals surface area contributed by atoms with Crippen molar-refractivity contribution in [3.8, 4) is 0 Å². The third kappa shape index (κ3) is 9.27. The Hall–Kier alpha value is -1.32. The molecule has 0 saturated carbocycles. The number of hydrogen-bond donors (Lipinski definition) is 4. The summed E-state index contributed by atoms with van der Waals surface area (Å²) in [6.45, 7) is 3.95. The fourth-order valence-electron chi connectivity index (χ4n) is 1.64. The number of hydrogen-bond acceptors (Lipinski definition) is 3. The van der Waals surface area contributed by atoms with E-state index in [4.69, 9.17) is 5.73 Å². The SMILES string of the molecule is CCCCCCN=C(N)NCCNC(=O)c1ccn[nH]1.I. The molecule has 1 aromatic heterocycles. The van der Waals surface area contributed by atoms with E-state index in [1.165, 1.54) is 25.5 Å². The number of carbonyl (C=O) groups excluding carboxylic acids is 1. The number of nitrogens with two attached hydrogens (primary N) is 1. The highest BCUT2D eigenvalue weighted by Crippen LogP contribution is 1.98. The molecule has 1 amide bonds. The van der Waals surface area contributed by atoms with Crippen molar-refractivity contribution in [2.45, 2.75) is 32.6 Å². The van der Waals surface area contributed by atoms with Gasteiger partial charge in [-0.15, -0.1) is 24.0 Å². The predicted octanol–water partition coefficient (Wildman–Crippen LogP) is 1.24. The van der Waals surface area contributed by atoms with Crippen LogP contribution in [0.4, 0.5) is 0 Å². The Kier molecular flexibility index (Phi) is 11.6. The fourth-order valence-corrected chi connectivity index (χ4v) is 1.64. The zero-order valence-corrected chi connectivity index (χ0v) is 14.7. The van der Waals surface area contributed by atoms with Crippen molar-refractivity contribution in [3.05, 3.63) is 18.0 Å². The monoisotopic (exact) mass is 408 g/mol. The number of nitrogens with one attached hydrogen (secondary N) is 3. The van der Waals surface area contributed by atoms with Crippen LogP contribution in [0, 0.1) is 0 Å². The van der Waals surface area contributed by atoms with Crippen molar-refractivity contribution >= 4 is 35.8 Å². The minimum absolute atomic E-state index is 0. The molecular formula is C13H25IN6O. The Morgan fingerprint density at radius 3 is 2.76 bits per heavy atom. The largest absolute Gasteiger partial charge is 0.370 e.